The lowest BCUT2D eigenvalue weighted by Gasteiger charge is -2.21. The SMILES string of the molecule is CC1CC1C(Cl)c1cc2c(cc1Cl)OCCO2. The minimum atomic E-state index is -0.0201. The van der Waals surface area contributed by atoms with E-state index < -0.39 is 0 Å². The number of rotatable bonds is 2. The minimum absolute atomic E-state index is 0.0201. The molecule has 1 aromatic carbocycles. The zero-order chi connectivity index (χ0) is 12.0. The van der Waals surface area contributed by atoms with Gasteiger partial charge < -0.3 is 9.47 Å². The Morgan fingerprint density at radius 3 is 2.41 bits per heavy atom. The summed E-state index contributed by atoms with van der Waals surface area (Å²) in [5.41, 5.74) is 0.965. The number of alkyl halides is 1. The second kappa shape index (κ2) is 4.25. The van der Waals surface area contributed by atoms with E-state index in [4.69, 9.17) is 32.7 Å². The Bertz CT molecular complexity index is 447. The van der Waals surface area contributed by atoms with Crippen LogP contribution in [0.1, 0.15) is 24.3 Å². The van der Waals surface area contributed by atoms with Crippen LogP contribution in [0.5, 0.6) is 11.5 Å². The third-order valence-corrected chi connectivity index (χ3v) is 4.39. The van der Waals surface area contributed by atoms with Crippen molar-refractivity contribution in [3.8, 4) is 11.5 Å². The fourth-order valence-electron chi connectivity index (χ4n) is 2.28. The van der Waals surface area contributed by atoms with Crippen LogP contribution in [0, 0.1) is 11.8 Å². The maximum atomic E-state index is 6.47. The largest absolute Gasteiger partial charge is 0.486 e. The van der Waals surface area contributed by atoms with Gasteiger partial charge in [0, 0.05) is 11.1 Å². The molecule has 3 atom stereocenters. The fraction of sp³-hybridized carbons (Fsp3) is 0.538. The molecular formula is C13H14Cl2O2. The molecule has 1 saturated carbocycles. The molecule has 0 bridgehead atoms. The molecule has 0 spiro atoms. The monoisotopic (exact) mass is 272 g/mol. The maximum Gasteiger partial charge on any atom is 0.162 e. The lowest BCUT2D eigenvalue weighted by Crippen LogP contribution is -2.15. The van der Waals surface area contributed by atoms with E-state index in [1.807, 2.05) is 12.1 Å². The number of ether oxygens (including phenoxy) is 2. The summed E-state index contributed by atoms with van der Waals surface area (Å²) in [6.45, 7) is 3.37. The maximum absolute atomic E-state index is 6.47. The summed E-state index contributed by atoms with van der Waals surface area (Å²) >= 11 is 12.7. The van der Waals surface area contributed by atoms with Crippen molar-refractivity contribution < 1.29 is 9.47 Å². The van der Waals surface area contributed by atoms with Gasteiger partial charge in [-0.15, -0.1) is 11.6 Å². The summed E-state index contributed by atoms with van der Waals surface area (Å²) in [7, 11) is 0. The first-order chi connectivity index (χ1) is 8.16. The average molecular weight is 273 g/mol. The van der Waals surface area contributed by atoms with Gasteiger partial charge in [0.05, 0.1) is 5.38 Å². The van der Waals surface area contributed by atoms with Gasteiger partial charge in [-0.25, -0.2) is 0 Å². The molecule has 0 saturated heterocycles. The van der Waals surface area contributed by atoms with E-state index in [9.17, 15) is 0 Å². The first-order valence-electron chi connectivity index (χ1n) is 5.90. The Morgan fingerprint density at radius 1 is 1.24 bits per heavy atom. The predicted octanol–water partition coefficient (Wildman–Crippen LogP) is 4.05. The molecule has 0 aromatic heterocycles. The molecule has 2 aliphatic rings. The number of fused-ring (bicyclic) bond motifs is 1. The highest BCUT2D eigenvalue weighted by Crippen LogP contribution is 2.52. The van der Waals surface area contributed by atoms with E-state index in [0.29, 0.717) is 30.1 Å². The van der Waals surface area contributed by atoms with E-state index in [1.165, 1.54) is 6.42 Å². The smallest absolute Gasteiger partial charge is 0.162 e. The summed E-state index contributed by atoms with van der Waals surface area (Å²) in [6, 6.07) is 3.74. The molecule has 1 aliphatic carbocycles. The van der Waals surface area contributed by atoms with Gasteiger partial charge in [-0.2, -0.15) is 0 Å². The zero-order valence-corrected chi connectivity index (χ0v) is 11.1. The zero-order valence-electron chi connectivity index (χ0n) is 9.58. The Kier molecular flexibility index (Phi) is 2.87. The van der Waals surface area contributed by atoms with Crippen LogP contribution in [-0.2, 0) is 0 Å². The molecular weight excluding hydrogens is 259 g/mol. The molecule has 92 valence electrons. The first kappa shape index (κ1) is 11.5. The third-order valence-electron chi connectivity index (χ3n) is 3.51. The summed E-state index contributed by atoms with van der Waals surface area (Å²) in [6.07, 6.45) is 1.18. The third kappa shape index (κ3) is 2.09. The first-order valence-corrected chi connectivity index (χ1v) is 6.71. The fourth-order valence-corrected chi connectivity index (χ4v) is 3.14. The topological polar surface area (TPSA) is 18.5 Å². The molecule has 2 nitrogen and oxygen atoms in total. The van der Waals surface area contributed by atoms with Crippen molar-refractivity contribution in [3.05, 3.63) is 22.7 Å². The molecule has 4 heteroatoms. The van der Waals surface area contributed by atoms with Crippen molar-refractivity contribution >= 4 is 23.2 Å². The van der Waals surface area contributed by atoms with Crippen molar-refractivity contribution in [1.29, 1.82) is 0 Å². The van der Waals surface area contributed by atoms with Crippen molar-refractivity contribution in [3.63, 3.8) is 0 Å². The molecule has 3 unspecified atom stereocenters. The highest BCUT2D eigenvalue weighted by Gasteiger charge is 2.40. The van der Waals surface area contributed by atoms with Gasteiger partial charge in [0.1, 0.15) is 13.2 Å². The van der Waals surface area contributed by atoms with Crippen molar-refractivity contribution in [1.82, 2.24) is 0 Å². The lowest BCUT2D eigenvalue weighted by molar-refractivity contribution is 0.171. The standard InChI is InChI=1S/C13H14Cl2O2/c1-7-4-8(7)13(15)9-5-11-12(6-10(9)14)17-3-2-16-11/h5-8,13H,2-4H2,1H3. The Morgan fingerprint density at radius 2 is 1.82 bits per heavy atom. The lowest BCUT2D eigenvalue weighted by atomic mass is 10.1. The Labute approximate surface area is 111 Å². The highest BCUT2D eigenvalue weighted by molar-refractivity contribution is 6.33. The summed E-state index contributed by atoms with van der Waals surface area (Å²) in [4.78, 5) is 0. The molecule has 3 rings (SSSR count). The molecule has 17 heavy (non-hydrogen) atoms. The summed E-state index contributed by atoms with van der Waals surface area (Å²) < 4.78 is 11.0. The highest BCUT2D eigenvalue weighted by atomic mass is 35.5. The molecule has 1 heterocycles. The molecule has 0 radical (unpaired) electrons. The van der Waals surface area contributed by atoms with Crippen molar-refractivity contribution in [2.75, 3.05) is 13.2 Å². The number of hydrogen-bond donors (Lipinski definition) is 0. The second-order valence-corrected chi connectivity index (χ2v) is 5.67. The minimum Gasteiger partial charge on any atom is -0.486 e. The predicted molar refractivity (Wildman–Crippen MR) is 68.3 cm³/mol. The molecule has 1 fully saturated rings. The van der Waals surface area contributed by atoms with Crippen LogP contribution in [-0.4, -0.2) is 13.2 Å². The quantitative estimate of drug-likeness (QED) is 0.757. The van der Waals surface area contributed by atoms with Crippen LogP contribution >= 0.6 is 23.2 Å². The Hall–Kier alpha value is -0.600. The van der Waals surface area contributed by atoms with Gasteiger partial charge in [-0.3, -0.25) is 0 Å². The van der Waals surface area contributed by atoms with Gasteiger partial charge in [0.25, 0.3) is 0 Å². The van der Waals surface area contributed by atoms with Crippen LogP contribution in [0.15, 0.2) is 12.1 Å². The van der Waals surface area contributed by atoms with Crippen LogP contribution in [0.3, 0.4) is 0 Å². The second-order valence-electron chi connectivity index (χ2n) is 4.80. The van der Waals surface area contributed by atoms with Crippen LogP contribution in [0.2, 0.25) is 5.02 Å². The van der Waals surface area contributed by atoms with Gasteiger partial charge >= 0.3 is 0 Å². The summed E-state index contributed by atoms with van der Waals surface area (Å²) in [5.74, 6) is 2.71. The van der Waals surface area contributed by atoms with E-state index in [-0.39, 0.29) is 5.38 Å². The normalized spacial score (nSPS) is 27.7. The molecule has 0 amide bonds. The van der Waals surface area contributed by atoms with Crippen LogP contribution in [0.25, 0.3) is 0 Å². The number of halogens is 2. The Balaban J connectivity index is 1.93. The van der Waals surface area contributed by atoms with Crippen molar-refractivity contribution in [2.45, 2.75) is 18.7 Å². The van der Waals surface area contributed by atoms with E-state index in [2.05, 4.69) is 6.92 Å². The van der Waals surface area contributed by atoms with Crippen LogP contribution in [0.4, 0.5) is 0 Å². The van der Waals surface area contributed by atoms with Crippen molar-refractivity contribution in [2.24, 2.45) is 11.8 Å². The summed E-state index contributed by atoms with van der Waals surface area (Å²) in [5, 5.41) is 0.654. The van der Waals surface area contributed by atoms with Gasteiger partial charge in [-0.05, 0) is 29.9 Å². The number of benzene rings is 1. The van der Waals surface area contributed by atoms with E-state index in [0.717, 1.165) is 17.1 Å². The average Bonchev–Trinajstić information content (AvgIpc) is 3.05. The molecule has 1 aliphatic heterocycles. The van der Waals surface area contributed by atoms with Gasteiger partial charge in [0.2, 0.25) is 0 Å². The van der Waals surface area contributed by atoms with E-state index in [1.54, 1.807) is 0 Å². The molecule has 1 aromatic rings. The van der Waals surface area contributed by atoms with Gasteiger partial charge in [0.15, 0.2) is 11.5 Å². The van der Waals surface area contributed by atoms with Gasteiger partial charge in [-0.1, -0.05) is 18.5 Å². The van der Waals surface area contributed by atoms with Crippen LogP contribution < -0.4 is 9.47 Å². The van der Waals surface area contributed by atoms with E-state index >= 15 is 0 Å². The number of hydrogen-bond acceptors (Lipinski definition) is 2. The molecule has 0 N–H and O–H groups in total.